The lowest BCUT2D eigenvalue weighted by Gasteiger charge is -2.36. The first kappa shape index (κ1) is 9.98. The molecule has 0 bridgehead atoms. The molecule has 1 aromatic rings. The number of benzene rings is 1. The van der Waals surface area contributed by atoms with Crippen LogP contribution in [0, 0.1) is 0 Å². The number of carbonyl (C=O) groups is 1. The van der Waals surface area contributed by atoms with E-state index in [2.05, 4.69) is 5.43 Å². The molecule has 0 saturated carbocycles. The van der Waals surface area contributed by atoms with Crippen LogP contribution in [-0.2, 0) is 4.74 Å². The minimum atomic E-state index is -0.399. The molecule has 1 saturated heterocycles. The number of rotatable bonds is 1. The van der Waals surface area contributed by atoms with E-state index in [1.54, 1.807) is 5.01 Å². The van der Waals surface area contributed by atoms with E-state index in [4.69, 9.17) is 4.74 Å². The molecule has 1 heterocycles. The third-order valence-electron chi connectivity index (χ3n) is 2.68. The molecule has 1 aliphatic rings. The Labute approximate surface area is 88.8 Å². The summed E-state index contributed by atoms with van der Waals surface area (Å²) >= 11 is 0. The zero-order valence-electron chi connectivity index (χ0n) is 8.81. The quantitative estimate of drug-likeness (QED) is 0.760. The van der Waals surface area contributed by atoms with Crippen molar-refractivity contribution in [3.8, 4) is 0 Å². The molecule has 0 aliphatic carbocycles. The average molecular weight is 206 g/mol. The molecule has 15 heavy (non-hydrogen) atoms. The van der Waals surface area contributed by atoms with Gasteiger partial charge in [0.05, 0.1) is 6.04 Å². The lowest BCUT2D eigenvalue weighted by Crippen LogP contribution is -2.53. The predicted molar refractivity (Wildman–Crippen MR) is 56.0 cm³/mol. The first-order chi connectivity index (χ1) is 7.18. The van der Waals surface area contributed by atoms with E-state index < -0.39 is 6.09 Å². The highest BCUT2D eigenvalue weighted by atomic mass is 16.6. The summed E-state index contributed by atoms with van der Waals surface area (Å²) in [6.07, 6.45) is -0.602. The number of hydrogen-bond acceptors (Lipinski definition) is 3. The molecule has 1 aromatic carbocycles. The largest absolute Gasteiger partial charge is 0.439 e. The van der Waals surface area contributed by atoms with Crippen LogP contribution in [-0.4, -0.2) is 24.2 Å². The van der Waals surface area contributed by atoms with Crippen molar-refractivity contribution in [2.75, 3.05) is 7.05 Å². The Morgan fingerprint density at radius 3 is 2.67 bits per heavy atom. The molecule has 1 N–H and O–H groups in total. The monoisotopic (exact) mass is 206 g/mol. The molecule has 0 spiro atoms. The van der Waals surface area contributed by atoms with Gasteiger partial charge in [-0.3, -0.25) is 5.43 Å². The van der Waals surface area contributed by atoms with Gasteiger partial charge in [-0.2, -0.15) is 0 Å². The highest BCUT2D eigenvalue weighted by Gasteiger charge is 2.32. The second kappa shape index (κ2) is 3.90. The number of hydrazine groups is 1. The summed E-state index contributed by atoms with van der Waals surface area (Å²) in [6.45, 7) is 2.01. The van der Waals surface area contributed by atoms with Crippen LogP contribution in [0.4, 0.5) is 4.79 Å². The fourth-order valence-electron chi connectivity index (χ4n) is 1.68. The summed E-state index contributed by atoms with van der Waals surface area (Å²) in [6, 6.07) is 9.88. The Balaban J connectivity index is 2.24. The van der Waals surface area contributed by atoms with Crippen LogP contribution in [0.1, 0.15) is 18.6 Å². The van der Waals surface area contributed by atoms with E-state index >= 15 is 0 Å². The standard InChI is InChI=1S/C11H14N2O2/c1-8-10(9-6-4-3-5-7-9)15-11(14)12-13(8)2/h3-8,10H,1-2H3,(H,12,14)/t8-,10-/m1/s1. The van der Waals surface area contributed by atoms with Gasteiger partial charge in [0.2, 0.25) is 0 Å². The summed E-state index contributed by atoms with van der Waals surface area (Å²) in [5, 5.41) is 1.77. The van der Waals surface area contributed by atoms with Gasteiger partial charge in [0.25, 0.3) is 0 Å². The summed E-state index contributed by atoms with van der Waals surface area (Å²) in [5.41, 5.74) is 3.62. The van der Waals surface area contributed by atoms with Gasteiger partial charge in [-0.1, -0.05) is 30.3 Å². The van der Waals surface area contributed by atoms with Gasteiger partial charge in [-0.05, 0) is 12.5 Å². The number of amides is 1. The smallest absolute Gasteiger partial charge is 0.422 e. The van der Waals surface area contributed by atoms with Crippen LogP contribution < -0.4 is 5.43 Å². The Hall–Kier alpha value is -1.55. The van der Waals surface area contributed by atoms with Gasteiger partial charge in [0.15, 0.2) is 0 Å². The van der Waals surface area contributed by atoms with Gasteiger partial charge in [0.1, 0.15) is 6.10 Å². The third-order valence-corrected chi connectivity index (χ3v) is 2.68. The molecule has 2 atom stereocenters. The van der Waals surface area contributed by atoms with Crippen molar-refractivity contribution in [3.05, 3.63) is 35.9 Å². The topological polar surface area (TPSA) is 41.6 Å². The molecular formula is C11H14N2O2. The Kier molecular flexibility index (Phi) is 2.60. The summed E-state index contributed by atoms with van der Waals surface area (Å²) in [7, 11) is 1.83. The average Bonchev–Trinajstić information content (AvgIpc) is 2.24. The van der Waals surface area contributed by atoms with Crippen LogP contribution in [0.15, 0.2) is 30.3 Å². The van der Waals surface area contributed by atoms with E-state index in [9.17, 15) is 4.79 Å². The van der Waals surface area contributed by atoms with E-state index in [-0.39, 0.29) is 12.1 Å². The van der Waals surface area contributed by atoms with Crippen LogP contribution in [0.2, 0.25) is 0 Å². The summed E-state index contributed by atoms with van der Waals surface area (Å²) in [5.74, 6) is 0. The van der Waals surface area contributed by atoms with Crippen LogP contribution in [0.25, 0.3) is 0 Å². The molecule has 0 unspecified atom stereocenters. The lowest BCUT2D eigenvalue weighted by molar-refractivity contribution is -0.0251. The van der Waals surface area contributed by atoms with E-state index in [1.165, 1.54) is 0 Å². The van der Waals surface area contributed by atoms with Crippen molar-refractivity contribution in [2.24, 2.45) is 0 Å². The lowest BCUT2D eigenvalue weighted by atomic mass is 10.0. The number of nitrogens with one attached hydrogen (secondary N) is 1. The van der Waals surface area contributed by atoms with Crippen molar-refractivity contribution in [2.45, 2.75) is 19.1 Å². The fraction of sp³-hybridized carbons (Fsp3) is 0.364. The second-order valence-corrected chi connectivity index (χ2v) is 3.70. The number of nitrogens with zero attached hydrogens (tertiary/aromatic N) is 1. The molecule has 1 fully saturated rings. The third kappa shape index (κ3) is 1.94. The maximum absolute atomic E-state index is 11.2. The fourth-order valence-corrected chi connectivity index (χ4v) is 1.68. The zero-order valence-corrected chi connectivity index (χ0v) is 8.81. The molecule has 2 rings (SSSR count). The highest BCUT2D eigenvalue weighted by molar-refractivity contribution is 5.67. The minimum Gasteiger partial charge on any atom is -0.439 e. The molecule has 0 aromatic heterocycles. The molecule has 4 heteroatoms. The Morgan fingerprint density at radius 2 is 2.00 bits per heavy atom. The van der Waals surface area contributed by atoms with E-state index in [0.717, 1.165) is 5.56 Å². The van der Waals surface area contributed by atoms with Gasteiger partial charge in [0, 0.05) is 7.05 Å². The molecule has 80 valence electrons. The van der Waals surface area contributed by atoms with Gasteiger partial charge in [-0.25, -0.2) is 9.80 Å². The first-order valence-electron chi connectivity index (χ1n) is 4.93. The number of ether oxygens (including phenoxy) is 1. The zero-order chi connectivity index (χ0) is 10.8. The van der Waals surface area contributed by atoms with E-state index in [0.29, 0.717) is 0 Å². The molecular weight excluding hydrogens is 192 g/mol. The van der Waals surface area contributed by atoms with Gasteiger partial charge >= 0.3 is 6.09 Å². The maximum Gasteiger partial charge on any atom is 0.422 e. The SMILES string of the molecule is C[C@@H]1[C@H](c2ccccc2)OC(=O)NN1C. The molecule has 1 amide bonds. The first-order valence-corrected chi connectivity index (χ1v) is 4.93. The van der Waals surface area contributed by atoms with Crippen molar-refractivity contribution in [1.82, 2.24) is 10.4 Å². The second-order valence-electron chi connectivity index (χ2n) is 3.70. The van der Waals surface area contributed by atoms with Crippen LogP contribution in [0.3, 0.4) is 0 Å². The number of likely N-dealkylation sites (N-methyl/N-ethyl adjacent to an activating group) is 1. The maximum atomic E-state index is 11.2. The summed E-state index contributed by atoms with van der Waals surface area (Å²) in [4.78, 5) is 11.2. The van der Waals surface area contributed by atoms with Crippen molar-refractivity contribution < 1.29 is 9.53 Å². The van der Waals surface area contributed by atoms with Crippen molar-refractivity contribution in [1.29, 1.82) is 0 Å². The number of carbonyl (C=O) groups excluding carboxylic acids is 1. The number of hydrogen-bond donors (Lipinski definition) is 1. The minimum absolute atomic E-state index is 0.116. The van der Waals surface area contributed by atoms with Crippen LogP contribution >= 0.6 is 0 Å². The van der Waals surface area contributed by atoms with Gasteiger partial charge in [-0.15, -0.1) is 0 Å². The molecule has 1 aliphatic heterocycles. The highest BCUT2D eigenvalue weighted by Crippen LogP contribution is 2.26. The van der Waals surface area contributed by atoms with Gasteiger partial charge < -0.3 is 4.74 Å². The van der Waals surface area contributed by atoms with Crippen molar-refractivity contribution >= 4 is 6.09 Å². The Bertz CT molecular complexity index is 353. The Morgan fingerprint density at radius 1 is 1.33 bits per heavy atom. The number of cyclic esters (lactones) is 1. The van der Waals surface area contributed by atoms with Crippen LogP contribution in [0.5, 0.6) is 0 Å². The molecule has 0 radical (unpaired) electrons. The summed E-state index contributed by atoms with van der Waals surface area (Å²) < 4.78 is 5.26. The normalized spacial score (nSPS) is 26.9. The molecule has 4 nitrogen and oxygen atoms in total. The predicted octanol–water partition coefficient (Wildman–Crippen LogP) is 1.70. The van der Waals surface area contributed by atoms with Crippen molar-refractivity contribution in [3.63, 3.8) is 0 Å². The van der Waals surface area contributed by atoms with E-state index in [1.807, 2.05) is 44.3 Å².